The Labute approximate surface area is 108 Å². The second kappa shape index (κ2) is 4.94. The summed E-state index contributed by atoms with van der Waals surface area (Å²) in [5.74, 6) is 0. The van der Waals surface area contributed by atoms with Crippen LogP contribution in [0.2, 0.25) is 0 Å². The van der Waals surface area contributed by atoms with Crippen LogP contribution in [0, 0.1) is 0 Å². The van der Waals surface area contributed by atoms with E-state index in [-0.39, 0.29) is 12.1 Å². The van der Waals surface area contributed by atoms with Gasteiger partial charge in [0.25, 0.3) is 0 Å². The van der Waals surface area contributed by atoms with Gasteiger partial charge in [0.2, 0.25) is 0 Å². The molecule has 0 atom stereocenters. The van der Waals surface area contributed by atoms with Gasteiger partial charge in [-0.05, 0) is 6.92 Å². The van der Waals surface area contributed by atoms with Gasteiger partial charge in [-0.1, -0.05) is 0 Å². The van der Waals surface area contributed by atoms with Crippen molar-refractivity contribution >= 4 is 5.69 Å². The molecule has 0 aliphatic rings. The van der Waals surface area contributed by atoms with E-state index in [1.165, 1.54) is 13.2 Å². The molecule has 104 valence electrons. The van der Waals surface area contributed by atoms with E-state index in [9.17, 15) is 13.2 Å². The van der Waals surface area contributed by atoms with Crippen molar-refractivity contribution in [3.8, 4) is 0 Å². The Morgan fingerprint density at radius 1 is 1.32 bits per heavy atom. The third-order valence-electron chi connectivity index (χ3n) is 2.61. The molecule has 2 aromatic rings. The van der Waals surface area contributed by atoms with Gasteiger partial charge in [0.05, 0.1) is 11.9 Å². The zero-order valence-corrected chi connectivity index (χ0v) is 10.6. The number of nitrogens with one attached hydrogen (secondary N) is 1. The van der Waals surface area contributed by atoms with Crippen molar-refractivity contribution in [2.24, 2.45) is 7.05 Å². The van der Waals surface area contributed by atoms with E-state index >= 15 is 0 Å². The SMILES string of the molecule is CCn1cc(NCc2cn(C)nc2C(F)(F)F)cn1. The number of aromatic nitrogens is 4. The van der Waals surface area contributed by atoms with E-state index in [1.807, 2.05) is 6.92 Å². The van der Waals surface area contributed by atoms with Gasteiger partial charge in [0.1, 0.15) is 0 Å². The van der Waals surface area contributed by atoms with Gasteiger partial charge < -0.3 is 5.32 Å². The average molecular weight is 273 g/mol. The van der Waals surface area contributed by atoms with Crippen LogP contribution in [0.5, 0.6) is 0 Å². The fourth-order valence-corrected chi connectivity index (χ4v) is 1.73. The molecule has 19 heavy (non-hydrogen) atoms. The molecule has 0 unspecified atom stereocenters. The number of hydrogen-bond donors (Lipinski definition) is 1. The predicted octanol–water partition coefficient (Wildman–Crippen LogP) is 2.27. The highest BCUT2D eigenvalue weighted by Crippen LogP contribution is 2.30. The van der Waals surface area contributed by atoms with Crippen molar-refractivity contribution in [1.29, 1.82) is 0 Å². The molecule has 0 aliphatic carbocycles. The molecule has 2 rings (SSSR count). The number of halogens is 3. The molecule has 5 nitrogen and oxygen atoms in total. The van der Waals surface area contributed by atoms with Crippen LogP contribution in [0.3, 0.4) is 0 Å². The summed E-state index contributed by atoms with van der Waals surface area (Å²) in [6.07, 6.45) is 0.239. The van der Waals surface area contributed by atoms with Gasteiger partial charge in [-0.3, -0.25) is 9.36 Å². The van der Waals surface area contributed by atoms with E-state index in [0.29, 0.717) is 12.2 Å². The van der Waals surface area contributed by atoms with Crippen molar-refractivity contribution in [3.63, 3.8) is 0 Å². The summed E-state index contributed by atoms with van der Waals surface area (Å²) >= 11 is 0. The minimum absolute atomic E-state index is 0.0537. The lowest BCUT2D eigenvalue weighted by atomic mass is 10.2. The lowest BCUT2D eigenvalue weighted by molar-refractivity contribution is -0.142. The summed E-state index contributed by atoms with van der Waals surface area (Å²) in [4.78, 5) is 0. The van der Waals surface area contributed by atoms with Crippen molar-refractivity contribution < 1.29 is 13.2 Å². The number of alkyl halides is 3. The first-order valence-corrected chi connectivity index (χ1v) is 5.76. The summed E-state index contributed by atoms with van der Waals surface area (Å²) in [5.41, 5.74) is -0.0662. The highest BCUT2D eigenvalue weighted by atomic mass is 19.4. The van der Waals surface area contributed by atoms with Gasteiger partial charge in [-0.25, -0.2) is 0 Å². The summed E-state index contributed by atoms with van der Waals surface area (Å²) in [5, 5.41) is 10.4. The molecule has 1 N–H and O–H groups in total. The van der Waals surface area contributed by atoms with E-state index in [1.54, 1.807) is 17.1 Å². The minimum Gasteiger partial charge on any atom is -0.378 e. The Balaban J connectivity index is 2.11. The Morgan fingerprint density at radius 3 is 2.63 bits per heavy atom. The van der Waals surface area contributed by atoms with Crippen molar-refractivity contribution in [2.75, 3.05) is 5.32 Å². The van der Waals surface area contributed by atoms with Crippen LogP contribution in [0.4, 0.5) is 18.9 Å². The maximum Gasteiger partial charge on any atom is 0.435 e. The zero-order valence-electron chi connectivity index (χ0n) is 10.6. The molecule has 0 radical (unpaired) electrons. The topological polar surface area (TPSA) is 47.7 Å². The molecule has 0 spiro atoms. The predicted molar refractivity (Wildman–Crippen MR) is 63.4 cm³/mol. The zero-order chi connectivity index (χ0) is 14.0. The minimum atomic E-state index is -4.44. The molecule has 0 bridgehead atoms. The van der Waals surface area contributed by atoms with Crippen molar-refractivity contribution in [3.05, 3.63) is 29.8 Å². The highest BCUT2D eigenvalue weighted by molar-refractivity contribution is 5.39. The van der Waals surface area contributed by atoms with E-state index in [0.717, 1.165) is 4.68 Å². The van der Waals surface area contributed by atoms with Crippen LogP contribution in [0.1, 0.15) is 18.2 Å². The maximum atomic E-state index is 12.7. The first kappa shape index (κ1) is 13.4. The number of aryl methyl sites for hydroxylation is 2. The fourth-order valence-electron chi connectivity index (χ4n) is 1.73. The lowest BCUT2D eigenvalue weighted by Gasteiger charge is -2.06. The van der Waals surface area contributed by atoms with E-state index < -0.39 is 11.9 Å². The van der Waals surface area contributed by atoms with Gasteiger partial charge in [0, 0.05) is 38.1 Å². The van der Waals surface area contributed by atoms with Crippen LogP contribution >= 0.6 is 0 Å². The number of nitrogens with zero attached hydrogens (tertiary/aromatic N) is 4. The fraction of sp³-hybridized carbons (Fsp3) is 0.455. The standard InChI is InChI=1S/C11H14F3N5/c1-3-19-7-9(5-16-19)15-4-8-6-18(2)17-10(8)11(12,13)14/h5-7,15H,3-4H2,1-2H3. The number of rotatable bonds is 4. The number of hydrogen-bond acceptors (Lipinski definition) is 3. The van der Waals surface area contributed by atoms with Crippen LogP contribution in [0.15, 0.2) is 18.6 Å². The molecular weight excluding hydrogens is 259 g/mol. The third kappa shape index (κ3) is 3.07. The summed E-state index contributed by atoms with van der Waals surface area (Å²) < 4.78 is 41.0. The molecule has 0 aromatic carbocycles. The summed E-state index contributed by atoms with van der Waals surface area (Å²) in [7, 11) is 1.47. The van der Waals surface area contributed by atoms with Gasteiger partial charge in [0.15, 0.2) is 5.69 Å². The molecule has 0 amide bonds. The van der Waals surface area contributed by atoms with Crippen molar-refractivity contribution in [1.82, 2.24) is 19.6 Å². The summed E-state index contributed by atoms with van der Waals surface area (Å²) in [6.45, 7) is 2.69. The van der Waals surface area contributed by atoms with Crippen LogP contribution in [-0.2, 0) is 26.3 Å². The Hall–Kier alpha value is -1.99. The second-order valence-electron chi connectivity index (χ2n) is 4.11. The highest BCUT2D eigenvalue weighted by Gasteiger charge is 2.36. The molecule has 2 aromatic heterocycles. The Kier molecular flexibility index (Phi) is 3.50. The van der Waals surface area contributed by atoms with Crippen LogP contribution < -0.4 is 5.32 Å². The molecule has 0 aliphatic heterocycles. The Morgan fingerprint density at radius 2 is 2.05 bits per heavy atom. The average Bonchev–Trinajstić information content (AvgIpc) is 2.91. The normalized spacial score (nSPS) is 11.8. The van der Waals surface area contributed by atoms with Crippen molar-refractivity contribution in [2.45, 2.75) is 26.2 Å². The molecule has 8 heteroatoms. The van der Waals surface area contributed by atoms with E-state index in [2.05, 4.69) is 15.5 Å². The maximum absolute atomic E-state index is 12.7. The van der Waals surface area contributed by atoms with E-state index in [4.69, 9.17) is 0 Å². The quantitative estimate of drug-likeness (QED) is 0.929. The lowest BCUT2D eigenvalue weighted by Crippen LogP contribution is -2.11. The third-order valence-corrected chi connectivity index (χ3v) is 2.61. The first-order chi connectivity index (χ1) is 8.90. The van der Waals surface area contributed by atoms with Crippen LogP contribution in [-0.4, -0.2) is 19.6 Å². The largest absolute Gasteiger partial charge is 0.435 e. The van der Waals surface area contributed by atoms with Gasteiger partial charge in [-0.15, -0.1) is 0 Å². The molecule has 0 fully saturated rings. The Bertz CT molecular complexity index is 555. The van der Waals surface area contributed by atoms with Crippen LogP contribution in [0.25, 0.3) is 0 Å². The van der Waals surface area contributed by atoms with Gasteiger partial charge in [-0.2, -0.15) is 23.4 Å². The molecule has 2 heterocycles. The number of anilines is 1. The molecular formula is C11H14F3N5. The molecule has 0 saturated heterocycles. The second-order valence-corrected chi connectivity index (χ2v) is 4.11. The van der Waals surface area contributed by atoms with Gasteiger partial charge >= 0.3 is 6.18 Å². The molecule has 0 saturated carbocycles. The smallest absolute Gasteiger partial charge is 0.378 e. The first-order valence-electron chi connectivity index (χ1n) is 5.76. The monoisotopic (exact) mass is 273 g/mol. The summed E-state index contributed by atoms with van der Waals surface area (Å²) in [6, 6.07) is 0.